The third kappa shape index (κ3) is 3.55. The summed E-state index contributed by atoms with van der Waals surface area (Å²) in [6.45, 7) is 3.45. The van der Waals surface area contributed by atoms with Crippen LogP contribution in [0.25, 0.3) is 21.3 Å². The van der Waals surface area contributed by atoms with E-state index in [0.29, 0.717) is 17.2 Å². The second-order valence-corrected chi connectivity index (χ2v) is 9.06. The van der Waals surface area contributed by atoms with E-state index >= 15 is 0 Å². The molecule has 0 fully saturated rings. The minimum Gasteiger partial charge on any atom is -0.310 e. The van der Waals surface area contributed by atoms with Crippen LogP contribution in [0.5, 0.6) is 0 Å². The van der Waals surface area contributed by atoms with Crippen molar-refractivity contribution in [3.63, 3.8) is 0 Å². The van der Waals surface area contributed by atoms with Gasteiger partial charge in [-0.15, -0.1) is 11.3 Å². The van der Waals surface area contributed by atoms with Crippen LogP contribution in [0.2, 0.25) is 5.02 Å². The van der Waals surface area contributed by atoms with Gasteiger partial charge in [-0.05, 0) is 49.2 Å². The largest absolute Gasteiger partial charge is 0.310 e. The van der Waals surface area contributed by atoms with Gasteiger partial charge in [0.1, 0.15) is 5.01 Å². The summed E-state index contributed by atoms with van der Waals surface area (Å²) in [6.07, 6.45) is 0.893. The lowest BCUT2D eigenvalue weighted by molar-refractivity contribution is 0.620. The lowest BCUT2D eigenvalue weighted by Gasteiger charge is -2.05. The molecular formula is C24H21ClN4S. The highest BCUT2D eigenvalue weighted by molar-refractivity contribution is 7.18. The predicted molar refractivity (Wildman–Crippen MR) is 124 cm³/mol. The number of aryl methyl sites for hydroxylation is 3. The Kier molecular flexibility index (Phi) is 4.93. The highest BCUT2D eigenvalue weighted by Crippen LogP contribution is 2.26. The number of hydrogen-bond acceptors (Lipinski definition) is 3. The van der Waals surface area contributed by atoms with Crippen molar-refractivity contribution in [2.45, 2.75) is 26.4 Å². The number of imidazole rings is 1. The number of fused-ring (bicyclic) bond motifs is 2. The number of nitrogens with zero attached hydrogens (tertiary/aromatic N) is 3. The van der Waals surface area contributed by atoms with Crippen molar-refractivity contribution >= 4 is 44.2 Å². The zero-order valence-corrected chi connectivity index (χ0v) is 18.2. The smallest absolute Gasteiger partial charge is 0.203 e. The van der Waals surface area contributed by atoms with E-state index in [4.69, 9.17) is 22.0 Å². The molecule has 4 nitrogen and oxygen atoms in total. The lowest BCUT2D eigenvalue weighted by Crippen LogP contribution is -2.25. The molecule has 3 aromatic carbocycles. The number of thiazole rings is 1. The minimum atomic E-state index is 0.501. The molecule has 0 aliphatic rings. The van der Waals surface area contributed by atoms with Crippen LogP contribution in [0.4, 0.5) is 0 Å². The molecule has 6 heteroatoms. The summed E-state index contributed by atoms with van der Waals surface area (Å²) >= 11 is 7.77. The van der Waals surface area contributed by atoms with Gasteiger partial charge < -0.3 is 9.13 Å². The molecule has 0 atom stereocenters. The first-order valence-electron chi connectivity index (χ1n) is 9.92. The van der Waals surface area contributed by atoms with Gasteiger partial charge in [0.25, 0.3) is 0 Å². The standard InChI is InChI=1S/C24H21ClN4S/c1-16-6-8-17(9-7-16)12-13-28-20-4-2-3-5-21(20)29(24(28)26)15-23-27-19-14-18(25)10-11-22(19)30-23/h2-11,14,26H,12-13,15H2,1H3. The first-order valence-corrected chi connectivity index (χ1v) is 11.1. The second kappa shape index (κ2) is 7.74. The number of nitrogens with one attached hydrogen (secondary N) is 1. The van der Waals surface area contributed by atoms with Crippen LogP contribution in [0, 0.1) is 12.3 Å². The minimum absolute atomic E-state index is 0.501. The van der Waals surface area contributed by atoms with Crippen LogP contribution in [0.3, 0.4) is 0 Å². The van der Waals surface area contributed by atoms with Crippen molar-refractivity contribution in [2.24, 2.45) is 0 Å². The van der Waals surface area contributed by atoms with Crippen LogP contribution in [-0.2, 0) is 19.5 Å². The van der Waals surface area contributed by atoms with E-state index in [0.717, 1.165) is 39.2 Å². The fraction of sp³-hybridized carbons (Fsp3) is 0.167. The van der Waals surface area contributed by atoms with Gasteiger partial charge in [-0.25, -0.2) is 4.98 Å². The van der Waals surface area contributed by atoms with E-state index in [1.165, 1.54) is 11.1 Å². The maximum absolute atomic E-state index is 8.87. The predicted octanol–water partition coefficient (Wildman–Crippen LogP) is 5.78. The topological polar surface area (TPSA) is 46.6 Å². The molecule has 30 heavy (non-hydrogen) atoms. The number of rotatable bonds is 5. The summed E-state index contributed by atoms with van der Waals surface area (Å²) < 4.78 is 5.26. The first-order chi connectivity index (χ1) is 14.6. The van der Waals surface area contributed by atoms with Gasteiger partial charge in [0.15, 0.2) is 0 Å². The summed E-state index contributed by atoms with van der Waals surface area (Å²) in [7, 11) is 0. The Labute approximate surface area is 183 Å². The van der Waals surface area contributed by atoms with E-state index in [1.807, 2.05) is 34.9 Å². The molecule has 0 aliphatic heterocycles. The summed E-state index contributed by atoms with van der Waals surface area (Å²) in [4.78, 5) is 4.75. The zero-order chi connectivity index (χ0) is 20.7. The van der Waals surface area contributed by atoms with Crippen molar-refractivity contribution < 1.29 is 0 Å². The van der Waals surface area contributed by atoms with E-state index in [1.54, 1.807) is 11.3 Å². The molecule has 2 heterocycles. The fourth-order valence-electron chi connectivity index (χ4n) is 3.83. The second-order valence-electron chi connectivity index (χ2n) is 7.51. The average Bonchev–Trinajstić information content (AvgIpc) is 3.26. The van der Waals surface area contributed by atoms with Crippen LogP contribution < -0.4 is 5.62 Å². The maximum Gasteiger partial charge on any atom is 0.203 e. The van der Waals surface area contributed by atoms with Gasteiger partial charge >= 0.3 is 0 Å². The number of halogens is 1. The number of aromatic nitrogens is 3. The van der Waals surface area contributed by atoms with Gasteiger partial charge in [0.2, 0.25) is 5.62 Å². The van der Waals surface area contributed by atoms with Gasteiger partial charge in [-0.3, -0.25) is 5.41 Å². The van der Waals surface area contributed by atoms with E-state index < -0.39 is 0 Å². The Balaban J connectivity index is 1.51. The van der Waals surface area contributed by atoms with Crippen molar-refractivity contribution in [1.29, 1.82) is 5.41 Å². The van der Waals surface area contributed by atoms with Gasteiger partial charge in [0.05, 0.1) is 27.8 Å². The molecule has 0 radical (unpaired) electrons. The third-order valence-corrected chi connectivity index (χ3v) is 6.66. The van der Waals surface area contributed by atoms with Crippen molar-refractivity contribution in [2.75, 3.05) is 0 Å². The number of para-hydroxylation sites is 2. The Morgan fingerprint density at radius 1 is 0.967 bits per heavy atom. The summed E-state index contributed by atoms with van der Waals surface area (Å²) in [5.41, 5.74) is 6.11. The van der Waals surface area contributed by atoms with Crippen molar-refractivity contribution in [1.82, 2.24) is 14.1 Å². The molecule has 0 bridgehead atoms. The highest BCUT2D eigenvalue weighted by Gasteiger charge is 2.13. The van der Waals surface area contributed by atoms with Gasteiger partial charge in [-0.1, -0.05) is 53.6 Å². The molecular weight excluding hydrogens is 412 g/mol. The van der Waals surface area contributed by atoms with Crippen LogP contribution >= 0.6 is 22.9 Å². The number of hydrogen-bond donors (Lipinski definition) is 1. The van der Waals surface area contributed by atoms with Gasteiger partial charge in [0, 0.05) is 11.6 Å². The summed E-state index contributed by atoms with van der Waals surface area (Å²) in [5, 5.41) is 10.5. The molecule has 0 amide bonds. The molecule has 5 rings (SSSR count). The van der Waals surface area contributed by atoms with Crippen molar-refractivity contribution in [3.05, 3.63) is 93.5 Å². The maximum atomic E-state index is 8.87. The fourth-order valence-corrected chi connectivity index (χ4v) is 4.93. The zero-order valence-electron chi connectivity index (χ0n) is 16.6. The Morgan fingerprint density at radius 3 is 2.47 bits per heavy atom. The Morgan fingerprint density at radius 2 is 1.70 bits per heavy atom. The van der Waals surface area contributed by atoms with E-state index in [2.05, 4.69) is 47.9 Å². The Hall–Kier alpha value is -2.89. The summed E-state index contributed by atoms with van der Waals surface area (Å²) in [5.74, 6) is 0. The van der Waals surface area contributed by atoms with E-state index in [9.17, 15) is 0 Å². The molecule has 0 unspecified atom stereocenters. The molecule has 0 aliphatic carbocycles. The molecule has 2 aromatic heterocycles. The Bertz CT molecular complexity index is 1410. The van der Waals surface area contributed by atoms with Crippen LogP contribution in [-0.4, -0.2) is 14.1 Å². The molecule has 0 spiro atoms. The average molecular weight is 433 g/mol. The normalized spacial score (nSPS) is 11.5. The quantitative estimate of drug-likeness (QED) is 0.375. The summed E-state index contributed by atoms with van der Waals surface area (Å²) in [6, 6.07) is 22.7. The molecule has 0 saturated carbocycles. The SMILES string of the molecule is Cc1ccc(CCn2c(=N)n(Cc3nc4cc(Cl)ccc4s3)c3ccccc32)cc1. The van der Waals surface area contributed by atoms with Crippen molar-refractivity contribution in [3.8, 4) is 0 Å². The molecule has 150 valence electrons. The lowest BCUT2D eigenvalue weighted by atomic mass is 10.1. The van der Waals surface area contributed by atoms with Crippen LogP contribution in [0.15, 0.2) is 66.7 Å². The number of benzene rings is 3. The monoisotopic (exact) mass is 432 g/mol. The molecule has 1 N–H and O–H groups in total. The first kappa shape index (κ1) is 19.1. The third-order valence-electron chi connectivity index (χ3n) is 5.41. The highest BCUT2D eigenvalue weighted by atomic mass is 35.5. The van der Waals surface area contributed by atoms with Gasteiger partial charge in [-0.2, -0.15) is 0 Å². The molecule has 5 aromatic rings. The molecule has 0 saturated heterocycles. The van der Waals surface area contributed by atoms with Crippen LogP contribution in [0.1, 0.15) is 16.1 Å². The van der Waals surface area contributed by atoms with E-state index in [-0.39, 0.29) is 0 Å².